The molecule has 0 aromatic heterocycles. The average molecular weight is 868 g/mol. The Kier molecular flexibility index (Phi) is 18.3. The second-order valence-corrected chi connectivity index (χ2v) is 18.9. The van der Waals surface area contributed by atoms with E-state index in [0.717, 1.165) is 11.1 Å². The number of rotatable bonds is 12. The molecule has 0 aliphatic carbocycles. The van der Waals surface area contributed by atoms with Crippen LogP contribution in [-0.2, 0) is 56.1 Å². The quantitative estimate of drug-likeness (QED) is 0.242. The second kappa shape index (κ2) is 22.7. The van der Waals surface area contributed by atoms with Gasteiger partial charge in [0.15, 0.2) is 6.04 Å². The smallest absolute Gasteiger partial charge is 0.410 e. The highest BCUT2D eigenvalue weighted by Crippen LogP contribution is 2.27. The molecule has 1 N–H and O–H groups in total. The highest BCUT2D eigenvalue weighted by atomic mass is 16.6. The van der Waals surface area contributed by atoms with Crippen LogP contribution in [0, 0.1) is 0 Å². The van der Waals surface area contributed by atoms with Crippen molar-refractivity contribution in [1.29, 1.82) is 0 Å². The van der Waals surface area contributed by atoms with Crippen LogP contribution in [0.15, 0.2) is 60.7 Å². The summed E-state index contributed by atoms with van der Waals surface area (Å²) >= 11 is 0. The number of carbonyl (C=O) groups is 5. The summed E-state index contributed by atoms with van der Waals surface area (Å²) in [5, 5.41) is 11.9. The van der Waals surface area contributed by atoms with Crippen molar-refractivity contribution < 1.29 is 52.8 Å². The molecule has 16 heteroatoms. The molecule has 0 spiro atoms. The van der Waals surface area contributed by atoms with Crippen LogP contribution in [0.1, 0.15) is 73.4 Å². The van der Waals surface area contributed by atoms with Crippen molar-refractivity contribution in [2.45, 2.75) is 111 Å². The molecule has 2 fully saturated rings. The number of hydrogen-bond donors (Lipinski definition) is 1. The van der Waals surface area contributed by atoms with Gasteiger partial charge in [-0.3, -0.25) is 38.9 Å². The number of aliphatic hydroxyl groups excluding tert-OH is 1. The summed E-state index contributed by atoms with van der Waals surface area (Å²) < 4.78 is 28.6. The lowest BCUT2D eigenvalue weighted by Crippen LogP contribution is -2.57. The third kappa shape index (κ3) is 17.6. The standard InChI is InChI=1S/C46H69N5O11/c1-44(2,3)60-37(53)29-47-20-22-48(30-38(54)61-45(4,5)6)24-26-50(27-25-49(23-21-47)31-39(55)62-46(7,8)9)40-36(52)28-51(43(57)59-33-35-18-14-11-15-19-35)41(40)42(56)58-32-34-16-12-10-13-17-34/h10-19,36,40-41,52H,20-33H2,1-9H3/t36-,40+,41+/m0/s1. The number of carbonyl (C=O) groups excluding carboxylic acids is 5. The highest BCUT2D eigenvalue weighted by Gasteiger charge is 2.51. The highest BCUT2D eigenvalue weighted by molar-refractivity contribution is 5.83. The Morgan fingerprint density at radius 1 is 0.548 bits per heavy atom. The van der Waals surface area contributed by atoms with E-state index in [-0.39, 0.29) is 65.6 Å². The van der Waals surface area contributed by atoms with Gasteiger partial charge >= 0.3 is 30.0 Å². The number of likely N-dealkylation sites (tertiary alicyclic amines) is 1. The van der Waals surface area contributed by atoms with Gasteiger partial charge in [-0.1, -0.05) is 60.7 Å². The van der Waals surface area contributed by atoms with Crippen molar-refractivity contribution in [3.63, 3.8) is 0 Å². The van der Waals surface area contributed by atoms with Crippen LogP contribution >= 0.6 is 0 Å². The van der Waals surface area contributed by atoms with E-state index in [0.29, 0.717) is 26.2 Å². The van der Waals surface area contributed by atoms with E-state index in [1.807, 2.05) is 80.3 Å². The zero-order valence-corrected chi connectivity index (χ0v) is 38.2. The molecule has 2 aliphatic rings. The maximum Gasteiger partial charge on any atom is 0.410 e. The topological polar surface area (TPSA) is 168 Å². The zero-order chi connectivity index (χ0) is 45.7. The maximum absolute atomic E-state index is 14.3. The molecule has 2 heterocycles. The van der Waals surface area contributed by atoms with Gasteiger partial charge in [0.25, 0.3) is 0 Å². The summed E-state index contributed by atoms with van der Waals surface area (Å²) in [6.45, 7) is 18.2. The van der Waals surface area contributed by atoms with Gasteiger partial charge in [0, 0.05) is 52.4 Å². The lowest BCUT2D eigenvalue weighted by Gasteiger charge is -2.38. The van der Waals surface area contributed by atoms with Gasteiger partial charge < -0.3 is 28.8 Å². The molecule has 2 aliphatic heterocycles. The summed E-state index contributed by atoms with van der Waals surface area (Å²) in [6.07, 6.45) is -1.99. The maximum atomic E-state index is 14.3. The van der Waals surface area contributed by atoms with E-state index < -0.39 is 65.0 Å². The average Bonchev–Trinajstić information content (AvgIpc) is 3.51. The minimum absolute atomic E-state index is 0.0127. The van der Waals surface area contributed by atoms with E-state index in [1.165, 1.54) is 4.90 Å². The monoisotopic (exact) mass is 867 g/mol. The van der Waals surface area contributed by atoms with Crippen LogP contribution in [-0.4, -0.2) is 173 Å². The minimum atomic E-state index is -1.27. The van der Waals surface area contributed by atoms with Crippen LogP contribution in [0.2, 0.25) is 0 Å². The summed E-state index contributed by atoms with van der Waals surface area (Å²) in [5.41, 5.74) is -0.644. The number of amides is 1. The SMILES string of the molecule is CC(C)(C)OC(=O)CN1CCN(CC(=O)OC(C)(C)C)CCN([C@@H]2[C@@H](O)CN(C(=O)OCc3ccccc3)[C@H]2C(=O)OCc2ccccc2)CCN(CC(=O)OC(C)(C)C)CC1. The van der Waals surface area contributed by atoms with E-state index in [1.54, 1.807) is 62.3 Å². The molecule has 0 saturated carbocycles. The second-order valence-electron chi connectivity index (χ2n) is 18.9. The van der Waals surface area contributed by atoms with E-state index in [2.05, 4.69) is 0 Å². The van der Waals surface area contributed by atoms with Crippen molar-refractivity contribution in [1.82, 2.24) is 24.5 Å². The van der Waals surface area contributed by atoms with Gasteiger partial charge in [-0.15, -0.1) is 0 Å². The molecular formula is C46H69N5O11. The molecule has 0 bridgehead atoms. The fourth-order valence-electron chi connectivity index (χ4n) is 7.33. The Labute approximate surface area is 367 Å². The third-order valence-electron chi connectivity index (χ3n) is 9.95. The Morgan fingerprint density at radius 3 is 1.27 bits per heavy atom. The molecule has 2 saturated heterocycles. The molecule has 2 aromatic rings. The first-order valence-electron chi connectivity index (χ1n) is 21.5. The Hall–Kier alpha value is -4.61. The van der Waals surface area contributed by atoms with Gasteiger partial charge in [0.1, 0.15) is 30.0 Å². The normalized spacial score (nSPS) is 20.7. The molecule has 16 nitrogen and oxygen atoms in total. The predicted molar refractivity (Wildman–Crippen MR) is 232 cm³/mol. The summed E-state index contributed by atoms with van der Waals surface area (Å²) in [7, 11) is 0. The summed E-state index contributed by atoms with van der Waals surface area (Å²) in [5.74, 6) is -1.99. The number of benzene rings is 2. The molecule has 3 atom stereocenters. The van der Waals surface area contributed by atoms with E-state index in [4.69, 9.17) is 23.7 Å². The lowest BCUT2D eigenvalue weighted by atomic mass is 10.0. The molecule has 2 aromatic carbocycles. The van der Waals surface area contributed by atoms with Crippen LogP contribution in [0.25, 0.3) is 0 Å². The number of nitrogens with zero attached hydrogens (tertiary/aromatic N) is 5. The Morgan fingerprint density at radius 2 is 0.903 bits per heavy atom. The van der Waals surface area contributed by atoms with Crippen molar-refractivity contribution in [2.24, 2.45) is 0 Å². The first-order chi connectivity index (χ1) is 29.0. The van der Waals surface area contributed by atoms with Gasteiger partial charge in [0.2, 0.25) is 0 Å². The number of β-amino-alcohol motifs (C(OH)–C–C–N with tert-alkyl or cyclic N) is 1. The summed E-state index contributed by atoms with van der Waals surface area (Å²) in [4.78, 5) is 76.8. The Bertz CT molecular complexity index is 1710. The van der Waals surface area contributed by atoms with Crippen LogP contribution in [0.3, 0.4) is 0 Å². The van der Waals surface area contributed by atoms with E-state index in [9.17, 15) is 29.1 Å². The lowest BCUT2D eigenvalue weighted by molar-refractivity contribution is -0.158. The summed E-state index contributed by atoms with van der Waals surface area (Å²) in [6, 6.07) is 16.1. The van der Waals surface area contributed by atoms with Gasteiger partial charge in [-0.2, -0.15) is 0 Å². The molecule has 0 unspecified atom stereocenters. The van der Waals surface area contributed by atoms with Crippen molar-refractivity contribution in [2.75, 3.05) is 78.5 Å². The number of ether oxygens (including phenoxy) is 5. The van der Waals surface area contributed by atoms with Crippen molar-refractivity contribution >= 4 is 30.0 Å². The Balaban J connectivity index is 1.69. The van der Waals surface area contributed by atoms with Gasteiger partial charge in [0.05, 0.1) is 38.3 Å². The molecule has 62 heavy (non-hydrogen) atoms. The molecule has 0 radical (unpaired) electrons. The van der Waals surface area contributed by atoms with Gasteiger partial charge in [-0.25, -0.2) is 9.59 Å². The number of esters is 4. The number of aliphatic hydroxyl groups is 1. The molecule has 344 valence electrons. The predicted octanol–water partition coefficient (Wildman–Crippen LogP) is 3.73. The molecule has 1 amide bonds. The fourth-order valence-corrected chi connectivity index (χ4v) is 7.33. The minimum Gasteiger partial charge on any atom is -0.459 e. The van der Waals surface area contributed by atoms with E-state index >= 15 is 0 Å². The molecule has 4 rings (SSSR count). The van der Waals surface area contributed by atoms with Crippen molar-refractivity contribution in [3.8, 4) is 0 Å². The number of hydrogen-bond acceptors (Lipinski definition) is 15. The molecular weight excluding hydrogens is 799 g/mol. The van der Waals surface area contributed by atoms with Crippen LogP contribution in [0.4, 0.5) is 4.79 Å². The third-order valence-corrected chi connectivity index (χ3v) is 9.95. The first kappa shape index (κ1) is 50.0. The van der Waals surface area contributed by atoms with Gasteiger partial charge in [-0.05, 0) is 73.4 Å². The fraction of sp³-hybridized carbons (Fsp3) is 0.630. The zero-order valence-electron chi connectivity index (χ0n) is 38.2. The van der Waals surface area contributed by atoms with Crippen LogP contribution < -0.4 is 0 Å². The first-order valence-corrected chi connectivity index (χ1v) is 21.5. The largest absolute Gasteiger partial charge is 0.459 e. The van der Waals surface area contributed by atoms with Crippen LogP contribution in [0.5, 0.6) is 0 Å². The van der Waals surface area contributed by atoms with Crippen molar-refractivity contribution in [3.05, 3.63) is 71.8 Å².